The lowest BCUT2D eigenvalue weighted by atomic mass is 9.64. The minimum Gasteiger partial charge on any atom is -0.497 e. The molecule has 6 heteroatoms. The van der Waals surface area contributed by atoms with Crippen molar-refractivity contribution in [2.45, 2.75) is 38.4 Å². The van der Waals surface area contributed by atoms with E-state index in [2.05, 4.69) is 13.8 Å². The van der Waals surface area contributed by atoms with E-state index >= 15 is 0 Å². The van der Waals surface area contributed by atoms with Crippen LogP contribution in [0.4, 0.5) is 0 Å². The van der Waals surface area contributed by atoms with Gasteiger partial charge in [0.25, 0.3) is 10.1 Å². The van der Waals surface area contributed by atoms with Gasteiger partial charge in [0.2, 0.25) is 0 Å². The minimum absolute atomic E-state index is 0.219. The highest BCUT2D eigenvalue weighted by Gasteiger charge is 2.67. The molecule has 4 aliphatic carbocycles. The van der Waals surface area contributed by atoms with Crippen LogP contribution >= 0.6 is 0 Å². The van der Waals surface area contributed by atoms with Crippen molar-refractivity contribution >= 4 is 15.9 Å². The molecule has 4 bridgehead atoms. The van der Waals surface area contributed by atoms with Crippen molar-refractivity contribution in [3.8, 4) is 5.75 Å². The number of rotatable bonds is 6. The number of Topliss-reactive ketones (excluding diaryl/α,β-unsaturated/α-hetero) is 1. The van der Waals surface area contributed by atoms with Crippen LogP contribution in [0.15, 0.2) is 24.3 Å². The van der Waals surface area contributed by atoms with Gasteiger partial charge in [0, 0.05) is 5.56 Å². The average Bonchev–Trinajstić information content (AvgIpc) is 3.46. The van der Waals surface area contributed by atoms with Gasteiger partial charge in [0.05, 0.1) is 12.4 Å². The summed E-state index contributed by atoms with van der Waals surface area (Å²) in [7, 11) is -2.18. The number of carbonyl (C=O) groups is 1. The third kappa shape index (κ3) is 2.89. The van der Waals surface area contributed by atoms with Crippen LogP contribution in [0, 0.1) is 47.3 Å². The fourth-order valence-electron chi connectivity index (χ4n) is 7.58. The van der Waals surface area contributed by atoms with Gasteiger partial charge in [0.15, 0.2) is 5.78 Å². The monoisotopic (exact) mass is 418 g/mol. The number of ketones is 1. The van der Waals surface area contributed by atoms with E-state index in [1.54, 1.807) is 31.4 Å². The first-order chi connectivity index (χ1) is 13.8. The Morgan fingerprint density at radius 1 is 0.966 bits per heavy atom. The van der Waals surface area contributed by atoms with Crippen molar-refractivity contribution in [1.82, 2.24) is 0 Å². The second kappa shape index (κ2) is 6.81. The molecule has 0 saturated heterocycles. The average molecular weight is 419 g/mol. The SMILES string of the molecule is COc1ccc(C(=O)COS(=O)(=O)C2CC3CC2C2C4CC(C(C)C4C)C32)cc1. The Balaban J connectivity index is 1.26. The molecule has 1 aromatic carbocycles. The van der Waals surface area contributed by atoms with Gasteiger partial charge < -0.3 is 4.74 Å². The van der Waals surface area contributed by atoms with Crippen LogP contribution in [0.5, 0.6) is 5.75 Å². The zero-order chi connectivity index (χ0) is 20.5. The summed E-state index contributed by atoms with van der Waals surface area (Å²) < 4.78 is 36.4. The van der Waals surface area contributed by atoms with Gasteiger partial charge in [-0.15, -0.1) is 0 Å². The zero-order valence-corrected chi connectivity index (χ0v) is 18.1. The highest BCUT2D eigenvalue weighted by molar-refractivity contribution is 7.87. The van der Waals surface area contributed by atoms with Gasteiger partial charge in [-0.25, -0.2) is 0 Å². The summed E-state index contributed by atoms with van der Waals surface area (Å²) in [4.78, 5) is 12.4. The molecule has 158 valence electrons. The maximum Gasteiger partial charge on any atom is 0.270 e. The van der Waals surface area contributed by atoms with Crippen molar-refractivity contribution < 1.29 is 22.1 Å². The number of fused-ring (bicyclic) bond motifs is 9. The van der Waals surface area contributed by atoms with Gasteiger partial charge in [-0.1, -0.05) is 13.8 Å². The molecule has 5 nitrogen and oxygen atoms in total. The molecule has 4 fully saturated rings. The molecule has 0 amide bonds. The quantitative estimate of drug-likeness (QED) is 0.399. The highest BCUT2D eigenvalue weighted by atomic mass is 32.2. The Labute approximate surface area is 173 Å². The molecular formula is C23H30O5S. The van der Waals surface area contributed by atoms with Crippen LogP contribution in [0.1, 0.15) is 43.5 Å². The molecule has 4 saturated carbocycles. The van der Waals surface area contributed by atoms with Crippen LogP contribution in [-0.2, 0) is 14.3 Å². The minimum atomic E-state index is -3.74. The van der Waals surface area contributed by atoms with Crippen LogP contribution in [0.3, 0.4) is 0 Å². The van der Waals surface area contributed by atoms with E-state index in [-0.39, 0.29) is 11.7 Å². The molecule has 1 aromatic rings. The van der Waals surface area contributed by atoms with Gasteiger partial charge >= 0.3 is 0 Å². The van der Waals surface area contributed by atoms with Crippen molar-refractivity contribution in [3.63, 3.8) is 0 Å². The van der Waals surface area contributed by atoms with Crippen molar-refractivity contribution in [1.29, 1.82) is 0 Å². The Kier molecular flexibility index (Phi) is 4.59. The summed E-state index contributed by atoms with van der Waals surface area (Å²) in [5.41, 5.74) is 0.435. The molecule has 0 spiro atoms. The van der Waals surface area contributed by atoms with Crippen LogP contribution in [0.2, 0.25) is 0 Å². The topological polar surface area (TPSA) is 69.7 Å². The molecule has 29 heavy (non-hydrogen) atoms. The van der Waals surface area contributed by atoms with Gasteiger partial charge in [-0.05, 0) is 90.9 Å². The Morgan fingerprint density at radius 3 is 2.28 bits per heavy atom. The van der Waals surface area contributed by atoms with Crippen molar-refractivity contribution in [2.75, 3.05) is 13.7 Å². The van der Waals surface area contributed by atoms with E-state index in [0.717, 1.165) is 30.6 Å². The molecule has 9 unspecified atom stereocenters. The Hall–Kier alpha value is -1.40. The molecule has 0 heterocycles. The lowest BCUT2D eigenvalue weighted by Crippen LogP contribution is -2.43. The lowest BCUT2D eigenvalue weighted by Gasteiger charge is -2.43. The summed E-state index contributed by atoms with van der Waals surface area (Å²) in [6.45, 7) is 4.32. The summed E-state index contributed by atoms with van der Waals surface area (Å²) in [6.07, 6.45) is 3.03. The van der Waals surface area contributed by atoms with Crippen molar-refractivity contribution in [2.24, 2.45) is 47.3 Å². The number of carbonyl (C=O) groups excluding carboxylic acids is 1. The fraction of sp³-hybridized carbons (Fsp3) is 0.696. The van der Waals surface area contributed by atoms with E-state index in [9.17, 15) is 13.2 Å². The van der Waals surface area contributed by atoms with Gasteiger partial charge in [-0.2, -0.15) is 8.42 Å². The Morgan fingerprint density at radius 2 is 1.62 bits per heavy atom. The zero-order valence-electron chi connectivity index (χ0n) is 17.3. The van der Waals surface area contributed by atoms with E-state index in [1.807, 2.05) is 0 Å². The summed E-state index contributed by atoms with van der Waals surface area (Å²) in [5, 5.41) is -0.431. The van der Waals surface area contributed by atoms with Crippen LogP contribution in [0.25, 0.3) is 0 Å². The molecule has 0 N–H and O–H groups in total. The van der Waals surface area contributed by atoms with Crippen LogP contribution in [-0.4, -0.2) is 33.2 Å². The van der Waals surface area contributed by atoms with Crippen LogP contribution < -0.4 is 4.74 Å². The Bertz CT molecular complexity index is 908. The molecular weight excluding hydrogens is 388 g/mol. The summed E-state index contributed by atoms with van der Waals surface area (Å²) in [5.74, 6) is 5.28. The van der Waals surface area contributed by atoms with Crippen molar-refractivity contribution in [3.05, 3.63) is 29.8 Å². The van der Waals surface area contributed by atoms with E-state index in [1.165, 1.54) is 6.42 Å². The number of ether oxygens (including phenoxy) is 1. The molecule has 4 aliphatic rings. The maximum atomic E-state index is 13.0. The number of hydrogen-bond donors (Lipinski definition) is 0. The lowest BCUT2D eigenvalue weighted by molar-refractivity contribution is 0.0706. The third-order valence-electron chi connectivity index (χ3n) is 8.92. The molecule has 5 rings (SSSR count). The first-order valence-corrected chi connectivity index (χ1v) is 12.3. The van der Waals surface area contributed by atoms with Gasteiger partial charge in [-0.3, -0.25) is 8.98 Å². The highest BCUT2D eigenvalue weighted by Crippen LogP contribution is 2.70. The molecule has 0 radical (unpaired) electrons. The summed E-state index contributed by atoms with van der Waals surface area (Å²) >= 11 is 0. The largest absolute Gasteiger partial charge is 0.497 e. The molecule has 9 atom stereocenters. The molecule has 0 aliphatic heterocycles. The first-order valence-electron chi connectivity index (χ1n) is 10.9. The second-order valence-corrected chi connectivity index (χ2v) is 11.6. The smallest absolute Gasteiger partial charge is 0.270 e. The number of hydrogen-bond acceptors (Lipinski definition) is 5. The normalized spacial score (nSPS) is 42.2. The van der Waals surface area contributed by atoms with E-state index < -0.39 is 22.0 Å². The molecule has 0 aromatic heterocycles. The first kappa shape index (κ1) is 19.6. The van der Waals surface area contributed by atoms with Gasteiger partial charge in [0.1, 0.15) is 12.4 Å². The second-order valence-electron chi connectivity index (χ2n) is 9.78. The third-order valence-corrected chi connectivity index (χ3v) is 10.7. The number of benzene rings is 1. The van der Waals surface area contributed by atoms with E-state index in [0.29, 0.717) is 35.0 Å². The predicted molar refractivity (Wildman–Crippen MR) is 109 cm³/mol. The maximum absolute atomic E-state index is 13.0. The predicted octanol–water partition coefficient (Wildman–Crippen LogP) is 3.79. The van der Waals surface area contributed by atoms with E-state index in [4.69, 9.17) is 8.92 Å². The summed E-state index contributed by atoms with van der Waals surface area (Å²) in [6, 6.07) is 6.65. The number of methoxy groups -OCH3 is 1. The standard InChI is InChI=1S/C23H30O5S/c1-12-13(2)18-10-17(12)22-15-8-19(23(18)22)21(9-15)29(25,26)28-11-20(24)14-4-6-16(27-3)7-5-14/h4-7,12-13,15,17-19,21-23H,8-11H2,1-3H3. The fourth-order valence-corrected chi connectivity index (χ4v) is 9.23.